The summed E-state index contributed by atoms with van der Waals surface area (Å²) in [6, 6.07) is 0.625. The number of nitrogens with two attached hydrogens (primary N) is 1. The van der Waals surface area contributed by atoms with Crippen molar-refractivity contribution in [2.75, 3.05) is 56.9 Å². The number of piperazine rings is 2. The van der Waals surface area contributed by atoms with E-state index in [2.05, 4.69) is 33.7 Å². The highest BCUT2D eigenvalue weighted by Gasteiger charge is 2.31. The summed E-state index contributed by atoms with van der Waals surface area (Å²) in [5.74, 6) is 0. The van der Waals surface area contributed by atoms with Crippen LogP contribution in [0.2, 0.25) is 0 Å². The minimum absolute atomic E-state index is 0.625. The summed E-state index contributed by atoms with van der Waals surface area (Å²) in [4.78, 5) is 11.6. The molecule has 1 aromatic heterocycles. The largest absolute Gasteiger partial charge is 0.396 e. The first-order valence-corrected chi connectivity index (χ1v) is 7.03. The third-order valence-electron chi connectivity index (χ3n) is 4.34. The Kier molecular flexibility index (Phi) is 3.33. The second-order valence-corrected chi connectivity index (χ2v) is 5.79. The van der Waals surface area contributed by atoms with Crippen molar-refractivity contribution in [2.24, 2.45) is 0 Å². The molecule has 3 heterocycles. The second-order valence-electron chi connectivity index (χ2n) is 5.79. The molecule has 0 aromatic carbocycles. The lowest BCUT2D eigenvalue weighted by Gasteiger charge is -2.47. The summed E-state index contributed by atoms with van der Waals surface area (Å²) >= 11 is 0. The number of fused-ring (bicyclic) bond motifs is 1. The first kappa shape index (κ1) is 12.7. The molecule has 2 aliphatic heterocycles. The van der Waals surface area contributed by atoms with Gasteiger partial charge in [0.1, 0.15) is 0 Å². The predicted molar refractivity (Wildman–Crippen MR) is 78.5 cm³/mol. The number of nitrogens with zero attached hydrogens (tertiary/aromatic N) is 4. The average molecular weight is 261 g/mol. The lowest BCUT2D eigenvalue weighted by molar-refractivity contribution is 0.0807. The lowest BCUT2D eigenvalue weighted by atomic mass is 10.1. The number of anilines is 2. The summed E-state index contributed by atoms with van der Waals surface area (Å²) in [5.41, 5.74) is 9.28. The second kappa shape index (κ2) is 4.98. The summed E-state index contributed by atoms with van der Waals surface area (Å²) in [6.07, 6.45) is 3.67. The maximum absolute atomic E-state index is 6.12. The Morgan fingerprint density at radius 2 is 1.95 bits per heavy atom. The van der Waals surface area contributed by atoms with E-state index in [1.54, 1.807) is 6.20 Å². The molecule has 5 nitrogen and oxygen atoms in total. The number of rotatable bonds is 1. The van der Waals surface area contributed by atoms with Crippen LogP contribution in [0.4, 0.5) is 11.4 Å². The molecular weight excluding hydrogens is 238 g/mol. The fraction of sp³-hybridized carbons (Fsp3) is 0.643. The van der Waals surface area contributed by atoms with Gasteiger partial charge in [-0.2, -0.15) is 0 Å². The van der Waals surface area contributed by atoms with Crippen molar-refractivity contribution in [2.45, 2.75) is 13.0 Å². The van der Waals surface area contributed by atoms with Gasteiger partial charge in [-0.3, -0.25) is 9.88 Å². The highest BCUT2D eigenvalue weighted by molar-refractivity contribution is 5.70. The first-order chi connectivity index (χ1) is 9.15. The van der Waals surface area contributed by atoms with E-state index in [0.29, 0.717) is 6.04 Å². The van der Waals surface area contributed by atoms with Crippen molar-refractivity contribution < 1.29 is 0 Å². The van der Waals surface area contributed by atoms with Crippen molar-refractivity contribution in [3.8, 4) is 0 Å². The van der Waals surface area contributed by atoms with Gasteiger partial charge in [-0.05, 0) is 19.5 Å². The molecule has 0 radical (unpaired) electrons. The number of pyridine rings is 1. The molecule has 2 saturated heterocycles. The van der Waals surface area contributed by atoms with Crippen LogP contribution in [-0.2, 0) is 0 Å². The maximum Gasteiger partial charge on any atom is 0.0741 e. The van der Waals surface area contributed by atoms with E-state index in [4.69, 9.17) is 5.73 Å². The Bertz CT molecular complexity index is 441. The predicted octanol–water partition coefficient (Wildman–Crippen LogP) is 0.408. The van der Waals surface area contributed by atoms with Gasteiger partial charge >= 0.3 is 0 Å². The topological polar surface area (TPSA) is 48.6 Å². The average Bonchev–Trinajstić information content (AvgIpc) is 2.38. The van der Waals surface area contributed by atoms with Crippen molar-refractivity contribution in [3.05, 3.63) is 18.0 Å². The van der Waals surface area contributed by atoms with Crippen LogP contribution in [0.1, 0.15) is 5.56 Å². The van der Waals surface area contributed by atoms with Gasteiger partial charge in [0.05, 0.1) is 17.6 Å². The zero-order chi connectivity index (χ0) is 13.4. The van der Waals surface area contributed by atoms with Crippen LogP contribution < -0.4 is 10.6 Å². The molecule has 0 amide bonds. The molecular formula is C14H23N5. The Labute approximate surface area is 115 Å². The van der Waals surface area contributed by atoms with E-state index < -0.39 is 0 Å². The molecule has 0 aliphatic carbocycles. The molecule has 1 aromatic rings. The number of likely N-dealkylation sites (N-methyl/N-ethyl adjacent to an activating group) is 1. The first-order valence-electron chi connectivity index (χ1n) is 7.03. The van der Waals surface area contributed by atoms with Crippen molar-refractivity contribution in [3.63, 3.8) is 0 Å². The van der Waals surface area contributed by atoms with Crippen LogP contribution in [0.3, 0.4) is 0 Å². The molecule has 19 heavy (non-hydrogen) atoms. The van der Waals surface area contributed by atoms with Gasteiger partial charge in [-0.25, -0.2) is 0 Å². The minimum atomic E-state index is 0.625. The Hall–Kier alpha value is -1.33. The van der Waals surface area contributed by atoms with Gasteiger partial charge in [0, 0.05) is 51.5 Å². The number of aromatic nitrogens is 1. The summed E-state index contributed by atoms with van der Waals surface area (Å²) in [7, 11) is 2.21. The van der Waals surface area contributed by atoms with Crippen LogP contribution >= 0.6 is 0 Å². The molecule has 3 rings (SSSR count). The Morgan fingerprint density at radius 1 is 1.16 bits per heavy atom. The Balaban J connectivity index is 1.80. The van der Waals surface area contributed by atoms with Crippen LogP contribution in [0.25, 0.3) is 0 Å². The lowest BCUT2D eigenvalue weighted by Crippen LogP contribution is -2.61. The van der Waals surface area contributed by atoms with Gasteiger partial charge in [0.2, 0.25) is 0 Å². The standard InChI is InChI=1S/C14H23N5/c1-11-7-16-8-13(15)14(11)19-6-5-18-4-3-17(2)9-12(18)10-19/h7-8,12H,3-6,9-10,15H2,1-2H3. The fourth-order valence-corrected chi connectivity index (χ4v) is 3.33. The van der Waals surface area contributed by atoms with Crippen molar-refractivity contribution >= 4 is 11.4 Å². The van der Waals surface area contributed by atoms with E-state index in [-0.39, 0.29) is 0 Å². The highest BCUT2D eigenvalue weighted by atomic mass is 15.3. The summed E-state index contributed by atoms with van der Waals surface area (Å²) < 4.78 is 0. The van der Waals surface area contributed by atoms with Crippen molar-refractivity contribution in [1.82, 2.24) is 14.8 Å². The zero-order valence-corrected chi connectivity index (χ0v) is 11.8. The normalized spacial score (nSPS) is 25.4. The van der Waals surface area contributed by atoms with Gasteiger partial charge in [-0.15, -0.1) is 0 Å². The van der Waals surface area contributed by atoms with Crippen LogP contribution in [0.5, 0.6) is 0 Å². The maximum atomic E-state index is 6.12. The van der Waals surface area contributed by atoms with Gasteiger partial charge in [0.15, 0.2) is 0 Å². The zero-order valence-electron chi connectivity index (χ0n) is 11.8. The van der Waals surface area contributed by atoms with E-state index in [0.717, 1.165) is 31.9 Å². The number of aryl methyl sites for hydroxylation is 1. The quantitative estimate of drug-likeness (QED) is 0.793. The monoisotopic (exact) mass is 261 g/mol. The highest BCUT2D eigenvalue weighted by Crippen LogP contribution is 2.29. The van der Waals surface area contributed by atoms with Crippen molar-refractivity contribution in [1.29, 1.82) is 0 Å². The van der Waals surface area contributed by atoms with Crippen LogP contribution in [0.15, 0.2) is 12.4 Å². The van der Waals surface area contributed by atoms with E-state index >= 15 is 0 Å². The smallest absolute Gasteiger partial charge is 0.0741 e. The van der Waals surface area contributed by atoms with E-state index in [1.165, 1.54) is 24.3 Å². The van der Waals surface area contributed by atoms with Gasteiger partial charge < -0.3 is 15.5 Å². The fourth-order valence-electron chi connectivity index (χ4n) is 3.33. The molecule has 2 N–H and O–H groups in total. The summed E-state index contributed by atoms with van der Waals surface area (Å²) in [6.45, 7) is 8.90. The third-order valence-corrected chi connectivity index (χ3v) is 4.34. The van der Waals surface area contributed by atoms with Gasteiger partial charge in [-0.1, -0.05) is 0 Å². The molecule has 2 aliphatic rings. The van der Waals surface area contributed by atoms with E-state index in [1.807, 2.05) is 6.20 Å². The Morgan fingerprint density at radius 3 is 2.74 bits per heavy atom. The van der Waals surface area contributed by atoms with E-state index in [9.17, 15) is 0 Å². The SMILES string of the molecule is Cc1cncc(N)c1N1CCN2CCN(C)CC2C1. The molecule has 1 atom stereocenters. The molecule has 5 heteroatoms. The summed E-state index contributed by atoms with van der Waals surface area (Å²) in [5, 5.41) is 0. The number of nitrogen functional groups attached to an aromatic ring is 1. The van der Waals surface area contributed by atoms with Gasteiger partial charge in [0.25, 0.3) is 0 Å². The number of hydrogen-bond acceptors (Lipinski definition) is 5. The molecule has 2 fully saturated rings. The number of hydrogen-bond donors (Lipinski definition) is 1. The van der Waals surface area contributed by atoms with Crippen LogP contribution in [-0.4, -0.2) is 67.1 Å². The molecule has 0 bridgehead atoms. The minimum Gasteiger partial charge on any atom is -0.396 e. The van der Waals surface area contributed by atoms with Crippen LogP contribution in [0, 0.1) is 6.92 Å². The molecule has 104 valence electrons. The molecule has 0 saturated carbocycles. The third kappa shape index (κ3) is 2.40. The molecule has 0 spiro atoms. The molecule has 1 unspecified atom stereocenters.